The lowest BCUT2D eigenvalue weighted by Gasteiger charge is -2.11. The van der Waals surface area contributed by atoms with Crippen molar-refractivity contribution in [2.24, 2.45) is 21.1 Å². The maximum absolute atomic E-state index is 12.9. The Kier molecular flexibility index (Phi) is 6.02. The fraction of sp³-hybridized carbons (Fsp3) is 0.368. The lowest BCUT2D eigenvalue weighted by atomic mass is 10.3. The summed E-state index contributed by atoms with van der Waals surface area (Å²) in [7, 11) is 0.0900. The third-order valence-electron chi connectivity index (χ3n) is 4.76. The number of hydrogen-bond acceptors (Lipinski definition) is 7. The second-order valence-corrected chi connectivity index (χ2v) is 8.88. The molecule has 0 saturated carbocycles. The van der Waals surface area contributed by atoms with Crippen LogP contribution in [0.5, 0.6) is 5.75 Å². The summed E-state index contributed by atoms with van der Waals surface area (Å²) in [6.07, 6.45) is -0.330. The Labute approximate surface area is 177 Å². The summed E-state index contributed by atoms with van der Waals surface area (Å²) in [6, 6.07) is 6.83. The number of nitrogens with zero attached hydrogens (tertiary/aromatic N) is 4. The molecule has 2 heterocycles. The van der Waals surface area contributed by atoms with Crippen LogP contribution in [0.1, 0.15) is 13.3 Å². The molecule has 166 valence electrons. The first-order valence-corrected chi connectivity index (χ1v) is 11.1. The highest BCUT2D eigenvalue weighted by atomic mass is 32.2. The molecule has 0 spiro atoms. The summed E-state index contributed by atoms with van der Waals surface area (Å²) in [5.74, 6) is -0.563. The molecule has 3 aromatic rings. The standard InChI is InChI=1S/C19H23N5O6S/c1-5-30-13-9-7-6-8-12(13)20-14(25)10-11-31(28,29)18-21-15-16(22(18)2)23(3)19(27)24(4)17(15)26/h6-9H,5,10-11H2,1-4H3,(H,20,25). The maximum atomic E-state index is 12.9. The molecule has 1 aromatic carbocycles. The van der Waals surface area contributed by atoms with Crippen LogP contribution >= 0.6 is 0 Å². The van der Waals surface area contributed by atoms with Gasteiger partial charge in [-0.15, -0.1) is 0 Å². The Bertz CT molecular complexity index is 1380. The molecule has 0 radical (unpaired) electrons. The van der Waals surface area contributed by atoms with Gasteiger partial charge in [-0.05, 0) is 19.1 Å². The van der Waals surface area contributed by atoms with Crippen LogP contribution in [0.4, 0.5) is 5.69 Å². The minimum atomic E-state index is -4.02. The summed E-state index contributed by atoms with van der Waals surface area (Å²) in [5.41, 5.74) is -0.910. The van der Waals surface area contributed by atoms with Crippen LogP contribution in [-0.2, 0) is 35.8 Å². The fourth-order valence-electron chi connectivity index (χ4n) is 3.22. The summed E-state index contributed by atoms with van der Waals surface area (Å²) in [4.78, 5) is 40.8. The molecule has 0 aliphatic rings. The third kappa shape index (κ3) is 4.10. The van der Waals surface area contributed by atoms with Gasteiger partial charge in [-0.1, -0.05) is 12.1 Å². The third-order valence-corrected chi connectivity index (χ3v) is 6.42. The van der Waals surface area contributed by atoms with Crippen molar-refractivity contribution in [2.75, 3.05) is 17.7 Å². The van der Waals surface area contributed by atoms with Gasteiger partial charge in [0.1, 0.15) is 5.75 Å². The van der Waals surface area contributed by atoms with Gasteiger partial charge < -0.3 is 14.6 Å². The highest BCUT2D eigenvalue weighted by molar-refractivity contribution is 7.91. The van der Waals surface area contributed by atoms with E-state index in [9.17, 15) is 22.8 Å². The van der Waals surface area contributed by atoms with E-state index in [2.05, 4.69) is 10.3 Å². The van der Waals surface area contributed by atoms with E-state index in [-0.39, 0.29) is 22.7 Å². The number of imidazole rings is 1. The number of benzene rings is 1. The van der Waals surface area contributed by atoms with E-state index >= 15 is 0 Å². The Morgan fingerprint density at radius 1 is 1.10 bits per heavy atom. The van der Waals surface area contributed by atoms with E-state index in [0.717, 1.165) is 9.13 Å². The predicted molar refractivity (Wildman–Crippen MR) is 114 cm³/mol. The zero-order chi connectivity index (χ0) is 22.9. The number of sulfone groups is 1. The number of carbonyl (C=O) groups excluding carboxylic acids is 1. The van der Waals surface area contributed by atoms with Crippen LogP contribution in [-0.4, -0.2) is 45.4 Å². The van der Waals surface area contributed by atoms with Crippen LogP contribution < -0.4 is 21.3 Å². The van der Waals surface area contributed by atoms with Gasteiger partial charge in [-0.2, -0.15) is 0 Å². The molecule has 0 atom stereocenters. The molecule has 0 saturated heterocycles. The number of hydrogen-bond donors (Lipinski definition) is 1. The fourth-order valence-corrected chi connectivity index (χ4v) is 4.59. The molecule has 1 N–H and O–H groups in total. The lowest BCUT2D eigenvalue weighted by Crippen LogP contribution is -2.37. The molecule has 0 aliphatic heterocycles. The molecule has 0 bridgehead atoms. The second kappa shape index (κ2) is 8.38. The van der Waals surface area contributed by atoms with E-state index in [0.29, 0.717) is 18.0 Å². The van der Waals surface area contributed by atoms with Crippen molar-refractivity contribution in [3.05, 3.63) is 45.1 Å². The molecule has 31 heavy (non-hydrogen) atoms. The van der Waals surface area contributed by atoms with Gasteiger partial charge in [0, 0.05) is 27.6 Å². The van der Waals surface area contributed by atoms with Gasteiger partial charge >= 0.3 is 5.69 Å². The molecule has 0 aliphatic carbocycles. The van der Waals surface area contributed by atoms with Crippen LogP contribution in [0.15, 0.2) is 39.0 Å². The highest BCUT2D eigenvalue weighted by Crippen LogP contribution is 2.24. The van der Waals surface area contributed by atoms with Crippen molar-refractivity contribution in [2.45, 2.75) is 18.5 Å². The van der Waals surface area contributed by atoms with Crippen molar-refractivity contribution < 1.29 is 17.9 Å². The lowest BCUT2D eigenvalue weighted by molar-refractivity contribution is -0.115. The summed E-state index contributed by atoms with van der Waals surface area (Å²) in [6.45, 7) is 2.22. The normalized spacial score (nSPS) is 11.6. The van der Waals surface area contributed by atoms with Crippen LogP contribution in [0.25, 0.3) is 11.2 Å². The first-order chi connectivity index (χ1) is 14.6. The first kappa shape index (κ1) is 22.3. The Morgan fingerprint density at radius 2 is 1.77 bits per heavy atom. The Balaban J connectivity index is 1.86. The molecule has 3 rings (SSSR count). The van der Waals surface area contributed by atoms with E-state index in [1.807, 2.05) is 6.92 Å². The summed E-state index contributed by atoms with van der Waals surface area (Å²) in [5, 5.41) is 2.25. The topological polar surface area (TPSA) is 134 Å². The van der Waals surface area contributed by atoms with Crippen LogP contribution in [0, 0.1) is 0 Å². The number of ether oxygens (including phenoxy) is 1. The van der Waals surface area contributed by atoms with Gasteiger partial charge in [0.2, 0.25) is 20.9 Å². The number of para-hydroxylation sites is 2. The van der Waals surface area contributed by atoms with Crippen molar-refractivity contribution in [3.63, 3.8) is 0 Å². The predicted octanol–water partition coefficient (Wildman–Crippen LogP) is 0.172. The van der Waals surface area contributed by atoms with Crippen LogP contribution in [0.2, 0.25) is 0 Å². The monoisotopic (exact) mass is 449 g/mol. The number of carbonyl (C=O) groups is 1. The molecule has 12 heteroatoms. The van der Waals surface area contributed by atoms with E-state index < -0.39 is 32.7 Å². The van der Waals surface area contributed by atoms with Crippen molar-refractivity contribution in [1.29, 1.82) is 0 Å². The smallest absolute Gasteiger partial charge is 0.332 e. The number of nitrogens with one attached hydrogen (secondary N) is 1. The number of rotatable bonds is 7. The van der Waals surface area contributed by atoms with Crippen molar-refractivity contribution in [1.82, 2.24) is 18.7 Å². The zero-order valence-electron chi connectivity index (χ0n) is 17.6. The molecular weight excluding hydrogens is 426 g/mol. The average Bonchev–Trinajstić information content (AvgIpc) is 3.09. The molecule has 0 fully saturated rings. The van der Waals surface area contributed by atoms with Crippen molar-refractivity contribution in [3.8, 4) is 5.75 Å². The van der Waals surface area contributed by atoms with E-state index in [1.54, 1.807) is 24.3 Å². The SMILES string of the molecule is CCOc1ccccc1NC(=O)CCS(=O)(=O)c1nc2c(=O)n(C)c(=O)n(C)c2n1C. The zero-order valence-corrected chi connectivity index (χ0v) is 18.4. The quantitative estimate of drug-likeness (QED) is 0.543. The molecule has 0 unspecified atom stereocenters. The van der Waals surface area contributed by atoms with Gasteiger partial charge in [-0.25, -0.2) is 18.2 Å². The summed E-state index contributed by atoms with van der Waals surface area (Å²) >= 11 is 0. The molecule has 2 aromatic heterocycles. The first-order valence-electron chi connectivity index (χ1n) is 9.45. The second-order valence-electron chi connectivity index (χ2n) is 6.88. The van der Waals surface area contributed by atoms with Crippen molar-refractivity contribution >= 4 is 32.6 Å². The Morgan fingerprint density at radius 3 is 2.45 bits per heavy atom. The molecular formula is C19H23N5O6S. The minimum Gasteiger partial charge on any atom is -0.492 e. The van der Waals surface area contributed by atoms with E-state index in [1.165, 1.54) is 25.7 Å². The highest BCUT2D eigenvalue weighted by Gasteiger charge is 2.26. The molecule has 1 amide bonds. The van der Waals surface area contributed by atoms with E-state index in [4.69, 9.17) is 4.74 Å². The number of anilines is 1. The maximum Gasteiger partial charge on any atom is 0.332 e. The number of fused-ring (bicyclic) bond motifs is 1. The Hall–Kier alpha value is -3.41. The number of aryl methyl sites for hydroxylation is 2. The largest absolute Gasteiger partial charge is 0.492 e. The minimum absolute atomic E-state index is 0.0850. The van der Waals surface area contributed by atoms with Gasteiger partial charge in [0.15, 0.2) is 11.2 Å². The number of amides is 1. The van der Waals surface area contributed by atoms with Gasteiger partial charge in [0.05, 0.1) is 18.0 Å². The number of aromatic nitrogens is 4. The summed E-state index contributed by atoms with van der Waals surface area (Å²) < 4.78 is 34.3. The van der Waals surface area contributed by atoms with Crippen LogP contribution in [0.3, 0.4) is 0 Å². The molecule has 11 nitrogen and oxygen atoms in total. The van der Waals surface area contributed by atoms with Gasteiger partial charge in [0.25, 0.3) is 5.56 Å². The van der Waals surface area contributed by atoms with Gasteiger partial charge in [-0.3, -0.25) is 18.7 Å². The average molecular weight is 449 g/mol.